The van der Waals surface area contributed by atoms with Crippen molar-refractivity contribution in [2.45, 2.75) is 83.6 Å². The van der Waals surface area contributed by atoms with Crippen LogP contribution in [0.25, 0.3) is 0 Å². The molecular formula is C27H42O2Si2. The van der Waals surface area contributed by atoms with E-state index in [1.165, 1.54) is 5.57 Å². The van der Waals surface area contributed by atoms with Crippen molar-refractivity contribution < 1.29 is 9.53 Å². The van der Waals surface area contributed by atoms with Gasteiger partial charge < -0.3 is 9.53 Å². The van der Waals surface area contributed by atoms with Crippen molar-refractivity contribution in [3.63, 3.8) is 0 Å². The molecule has 2 rings (SSSR count). The molecule has 2 aromatic carbocycles. The normalized spacial score (nSPS) is 14.5. The SMILES string of the molecule is CCCC(C/C(=C\[Si](C)(C)C)CC(O)(c1ccccc1)c1ccccc1)O[Si](C)(C)C. The second-order valence-electron chi connectivity index (χ2n) is 10.8. The predicted octanol–water partition coefficient (Wildman–Crippen LogP) is 7.53. The van der Waals surface area contributed by atoms with Gasteiger partial charge in [-0.1, -0.05) is 105 Å². The maximum absolute atomic E-state index is 12.1. The average Bonchev–Trinajstić information content (AvgIpc) is 2.67. The Morgan fingerprint density at radius 2 is 1.39 bits per heavy atom. The molecule has 0 saturated heterocycles. The fraction of sp³-hybridized carbons (Fsp3) is 0.481. The van der Waals surface area contributed by atoms with Crippen LogP contribution in [0, 0.1) is 0 Å². The molecule has 0 aliphatic heterocycles. The van der Waals surface area contributed by atoms with E-state index < -0.39 is 22.0 Å². The van der Waals surface area contributed by atoms with E-state index in [-0.39, 0.29) is 6.10 Å². The molecule has 31 heavy (non-hydrogen) atoms. The van der Waals surface area contributed by atoms with Gasteiger partial charge in [-0.2, -0.15) is 0 Å². The Balaban J connectivity index is 2.48. The van der Waals surface area contributed by atoms with Gasteiger partial charge in [-0.25, -0.2) is 0 Å². The summed E-state index contributed by atoms with van der Waals surface area (Å²) in [6, 6.07) is 20.2. The number of benzene rings is 2. The summed E-state index contributed by atoms with van der Waals surface area (Å²) in [4.78, 5) is 0. The molecule has 0 bridgehead atoms. The lowest BCUT2D eigenvalue weighted by molar-refractivity contribution is 0.0776. The number of rotatable bonds is 11. The molecule has 0 spiro atoms. The van der Waals surface area contributed by atoms with E-state index in [0.29, 0.717) is 6.42 Å². The van der Waals surface area contributed by atoms with Crippen molar-refractivity contribution in [3.8, 4) is 0 Å². The van der Waals surface area contributed by atoms with Crippen molar-refractivity contribution in [3.05, 3.63) is 83.1 Å². The summed E-state index contributed by atoms with van der Waals surface area (Å²) in [5.74, 6) is 0. The van der Waals surface area contributed by atoms with Crippen molar-refractivity contribution in [2.24, 2.45) is 0 Å². The monoisotopic (exact) mass is 454 g/mol. The summed E-state index contributed by atoms with van der Waals surface area (Å²) in [7, 11) is -3.14. The quantitative estimate of drug-likeness (QED) is 0.356. The standard InChI is InChI=1S/C27H42O2Si2/c1-8-15-26(29-31(5,6)7)20-23(22-30(2,3)4)21-27(28,24-16-11-9-12-17-24)25-18-13-10-14-19-25/h9-14,16-19,22,26,28H,8,15,20-21H2,1-7H3/b23-22+. The Labute approximate surface area is 192 Å². The Morgan fingerprint density at radius 3 is 1.77 bits per heavy atom. The van der Waals surface area contributed by atoms with Crippen molar-refractivity contribution in [2.75, 3.05) is 0 Å². The lowest BCUT2D eigenvalue weighted by Crippen LogP contribution is -2.34. The molecule has 4 heteroatoms. The molecule has 170 valence electrons. The van der Waals surface area contributed by atoms with E-state index in [9.17, 15) is 5.11 Å². The number of hydrogen-bond acceptors (Lipinski definition) is 2. The molecule has 0 radical (unpaired) electrons. The molecule has 2 aromatic rings. The summed E-state index contributed by atoms with van der Waals surface area (Å²) in [5.41, 5.74) is 4.65. The van der Waals surface area contributed by atoms with Gasteiger partial charge in [0.15, 0.2) is 8.32 Å². The van der Waals surface area contributed by atoms with Gasteiger partial charge in [0.25, 0.3) is 0 Å². The lowest BCUT2D eigenvalue weighted by Gasteiger charge is -2.34. The van der Waals surface area contributed by atoms with Crippen LogP contribution in [0.4, 0.5) is 0 Å². The third-order valence-corrected chi connectivity index (χ3v) is 7.56. The highest BCUT2D eigenvalue weighted by Crippen LogP contribution is 2.38. The topological polar surface area (TPSA) is 29.5 Å². The molecule has 1 unspecified atom stereocenters. The second kappa shape index (κ2) is 10.9. The fourth-order valence-corrected chi connectivity index (χ4v) is 6.88. The van der Waals surface area contributed by atoms with Crippen LogP contribution >= 0.6 is 0 Å². The van der Waals surface area contributed by atoms with Gasteiger partial charge >= 0.3 is 0 Å². The Morgan fingerprint density at radius 1 is 0.903 bits per heavy atom. The minimum absolute atomic E-state index is 0.218. The van der Waals surface area contributed by atoms with Crippen LogP contribution in [0.15, 0.2) is 71.9 Å². The second-order valence-corrected chi connectivity index (χ2v) is 20.3. The fourth-order valence-electron chi connectivity index (χ4n) is 4.24. The van der Waals surface area contributed by atoms with E-state index >= 15 is 0 Å². The van der Waals surface area contributed by atoms with Gasteiger partial charge in [0.05, 0.1) is 8.07 Å². The zero-order chi connectivity index (χ0) is 23.1. The average molecular weight is 455 g/mol. The highest BCUT2D eigenvalue weighted by atomic mass is 28.4. The largest absolute Gasteiger partial charge is 0.414 e. The molecule has 2 nitrogen and oxygen atoms in total. The number of aliphatic hydroxyl groups is 1. The first-order valence-corrected chi connectivity index (χ1v) is 18.6. The molecule has 0 aliphatic carbocycles. The first kappa shape index (κ1) is 25.8. The summed E-state index contributed by atoms with van der Waals surface area (Å²) in [5, 5.41) is 12.1. The maximum atomic E-state index is 12.1. The minimum Gasteiger partial charge on any atom is -0.414 e. The Kier molecular flexibility index (Phi) is 9.07. The molecule has 0 heterocycles. The summed E-state index contributed by atoms with van der Waals surface area (Å²) >= 11 is 0. The molecule has 1 atom stereocenters. The maximum Gasteiger partial charge on any atom is 0.184 e. The zero-order valence-corrected chi connectivity index (χ0v) is 22.6. The Hall–Kier alpha value is -1.47. The van der Waals surface area contributed by atoms with Gasteiger partial charge in [-0.3, -0.25) is 0 Å². The van der Waals surface area contributed by atoms with E-state index in [0.717, 1.165) is 30.4 Å². The van der Waals surface area contributed by atoms with Crippen LogP contribution in [-0.4, -0.2) is 27.6 Å². The van der Waals surface area contributed by atoms with Crippen LogP contribution in [0.5, 0.6) is 0 Å². The van der Waals surface area contributed by atoms with Crippen LogP contribution in [0.3, 0.4) is 0 Å². The third-order valence-electron chi connectivity index (χ3n) is 5.24. The number of hydrogen-bond donors (Lipinski definition) is 1. The van der Waals surface area contributed by atoms with Crippen LogP contribution < -0.4 is 0 Å². The molecule has 0 aliphatic rings. The summed E-state index contributed by atoms with van der Waals surface area (Å²) < 4.78 is 6.58. The molecule has 1 N–H and O–H groups in total. The molecule has 0 amide bonds. The van der Waals surface area contributed by atoms with Crippen LogP contribution in [0.2, 0.25) is 39.3 Å². The molecular weight excluding hydrogens is 412 g/mol. The first-order chi connectivity index (χ1) is 14.4. The van der Waals surface area contributed by atoms with Crippen molar-refractivity contribution in [1.29, 1.82) is 0 Å². The van der Waals surface area contributed by atoms with Gasteiger partial charge in [0, 0.05) is 12.5 Å². The minimum atomic E-state index is -1.65. The van der Waals surface area contributed by atoms with Crippen molar-refractivity contribution in [1.82, 2.24) is 0 Å². The van der Waals surface area contributed by atoms with Crippen LogP contribution in [-0.2, 0) is 10.0 Å². The summed E-state index contributed by atoms with van der Waals surface area (Å²) in [6.07, 6.45) is 3.87. The zero-order valence-electron chi connectivity index (χ0n) is 20.6. The third kappa shape index (κ3) is 8.53. The molecule has 0 aromatic heterocycles. The van der Waals surface area contributed by atoms with Crippen LogP contribution in [0.1, 0.15) is 43.7 Å². The molecule has 0 saturated carbocycles. The molecule has 0 fully saturated rings. The Bertz CT molecular complexity index is 778. The first-order valence-electron chi connectivity index (χ1n) is 11.6. The van der Waals surface area contributed by atoms with Crippen molar-refractivity contribution >= 4 is 16.4 Å². The van der Waals surface area contributed by atoms with E-state index in [4.69, 9.17) is 4.43 Å². The highest BCUT2D eigenvalue weighted by molar-refractivity contribution is 6.81. The van der Waals surface area contributed by atoms with Gasteiger partial charge in [-0.15, -0.1) is 0 Å². The van der Waals surface area contributed by atoms with Gasteiger partial charge in [0.2, 0.25) is 0 Å². The summed E-state index contributed by atoms with van der Waals surface area (Å²) in [6.45, 7) is 16.1. The van der Waals surface area contributed by atoms with E-state index in [1.54, 1.807) is 0 Å². The van der Waals surface area contributed by atoms with E-state index in [2.05, 4.69) is 51.9 Å². The van der Waals surface area contributed by atoms with E-state index in [1.807, 2.05) is 60.7 Å². The lowest BCUT2D eigenvalue weighted by atomic mass is 9.80. The highest BCUT2D eigenvalue weighted by Gasteiger charge is 2.34. The van der Waals surface area contributed by atoms with Gasteiger partial charge in [0.1, 0.15) is 5.60 Å². The smallest absolute Gasteiger partial charge is 0.184 e. The van der Waals surface area contributed by atoms with Gasteiger partial charge in [-0.05, 0) is 43.6 Å². The predicted molar refractivity (Wildman–Crippen MR) is 140 cm³/mol.